The fourth-order valence-corrected chi connectivity index (χ4v) is 4.11. The molecular formula is C21H13Br2IN2. The molecule has 5 heteroatoms. The van der Waals surface area contributed by atoms with Crippen LogP contribution in [0.2, 0.25) is 0 Å². The zero-order chi connectivity index (χ0) is 18.1. The Morgan fingerprint density at radius 2 is 1.58 bits per heavy atom. The van der Waals surface area contributed by atoms with Crippen molar-refractivity contribution in [3.05, 3.63) is 85.3 Å². The minimum absolute atomic E-state index is 0.868. The largest absolute Gasteiger partial charge is 0.337 e. The molecular weight excluding hydrogens is 567 g/mol. The molecule has 4 rings (SSSR count). The molecule has 0 radical (unpaired) electrons. The molecule has 0 bridgehead atoms. The summed E-state index contributed by atoms with van der Waals surface area (Å²) in [7, 11) is 0. The second kappa shape index (κ2) is 7.66. The van der Waals surface area contributed by atoms with E-state index in [1.807, 2.05) is 30.3 Å². The molecule has 0 saturated heterocycles. The molecule has 2 nitrogen and oxygen atoms in total. The average molecular weight is 580 g/mol. The van der Waals surface area contributed by atoms with Gasteiger partial charge in [-0.15, -0.1) is 0 Å². The molecule has 0 fully saturated rings. The summed E-state index contributed by atoms with van der Waals surface area (Å²) in [5.41, 5.74) is 5.20. The molecule has 0 amide bonds. The summed E-state index contributed by atoms with van der Waals surface area (Å²) in [4.78, 5) is 8.48. The summed E-state index contributed by atoms with van der Waals surface area (Å²) >= 11 is 9.50. The molecule has 0 spiro atoms. The number of nitrogens with zero attached hydrogens (tertiary/aromatic N) is 1. The van der Waals surface area contributed by atoms with Crippen LogP contribution in [-0.2, 0) is 0 Å². The molecule has 1 aromatic heterocycles. The first-order chi connectivity index (χ1) is 12.6. The van der Waals surface area contributed by atoms with E-state index in [2.05, 4.69) is 102 Å². The van der Waals surface area contributed by atoms with Crippen LogP contribution in [0.15, 0.2) is 81.7 Å². The summed E-state index contributed by atoms with van der Waals surface area (Å²) < 4.78 is 3.28. The van der Waals surface area contributed by atoms with E-state index < -0.39 is 0 Å². The van der Waals surface area contributed by atoms with Crippen molar-refractivity contribution in [3.8, 4) is 33.9 Å². The molecule has 0 aliphatic rings. The van der Waals surface area contributed by atoms with Crippen molar-refractivity contribution in [2.75, 3.05) is 0 Å². The monoisotopic (exact) mass is 578 g/mol. The predicted molar refractivity (Wildman–Crippen MR) is 123 cm³/mol. The lowest BCUT2D eigenvalue weighted by Gasteiger charge is -2.05. The van der Waals surface area contributed by atoms with Crippen molar-refractivity contribution < 1.29 is 0 Å². The van der Waals surface area contributed by atoms with Crippen molar-refractivity contribution in [2.24, 2.45) is 0 Å². The SMILES string of the molecule is Brc1ccc(-c2nc(-c3cccc(I)c3)[nH]c2-c2ccccc2Br)cc1. The number of hydrogen-bond acceptors (Lipinski definition) is 1. The summed E-state index contributed by atoms with van der Waals surface area (Å²) in [6.07, 6.45) is 0. The molecule has 0 aliphatic heterocycles. The fraction of sp³-hybridized carbons (Fsp3) is 0. The van der Waals surface area contributed by atoms with E-state index in [-0.39, 0.29) is 0 Å². The van der Waals surface area contributed by atoms with Gasteiger partial charge >= 0.3 is 0 Å². The number of hydrogen-bond donors (Lipinski definition) is 1. The van der Waals surface area contributed by atoms with Crippen LogP contribution in [0, 0.1) is 3.57 Å². The maximum atomic E-state index is 4.94. The highest BCUT2D eigenvalue weighted by molar-refractivity contribution is 14.1. The summed E-state index contributed by atoms with van der Waals surface area (Å²) in [5, 5.41) is 0. The maximum Gasteiger partial charge on any atom is 0.138 e. The lowest BCUT2D eigenvalue weighted by atomic mass is 10.1. The number of aromatic amines is 1. The normalized spacial score (nSPS) is 10.9. The van der Waals surface area contributed by atoms with Gasteiger partial charge in [0.25, 0.3) is 0 Å². The van der Waals surface area contributed by atoms with Gasteiger partial charge < -0.3 is 4.98 Å². The summed E-state index contributed by atoms with van der Waals surface area (Å²) in [6.45, 7) is 0. The van der Waals surface area contributed by atoms with Crippen molar-refractivity contribution in [2.45, 2.75) is 0 Å². The van der Waals surface area contributed by atoms with Crippen LogP contribution in [0.4, 0.5) is 0 Å². The van der Waals surface area contributed by atoms with E-state index in [1.54, 1.807) is 0 Å². The Hall–Kier alpha value is -1.44. The number of rotatable bonds is 3. The highest BCUT2D eigenvalue weighted by Crippen LogP contribution is 2.36. The average Bonchev–Trinajstić information content (AvgIpc) is 3.08. The van der Waals surface area contributed by atoms with E-state index in [1.165, 1.54) is 3.57 Å². The van der Waals surface area contributed by atoms with Gasteiger partial charge in [-0.2, -0.15) is 0 Å². The second-order valence-corrected chi connectivity index (χ2v) is 8.82. The highest BCUT2D eigenvalue weighted by atomic mass is 127. The van der Waals surface area contributed by atoms with Crippen LogP contribution in [0.3, 0.4) is 0 Å². The van der Waals surface area contributed by atoms with Crippen LogP contribution >= 0.6 is 54.5 Å². The van der Waals surface area contributed by atoms with Crippen LogP contribution < -0.4 is 0 Å². The van der Waals surface area contributed by atoms with Gasteiger partial charge in [-0.25, -0.2) is 4.98 Å². The number of halogens is 3. The first-order valence-electron chi connectivity index (χ1n) is 7.98. The van der Waals surface area contributed by atoms with Crippen molar-refractivity contribution >= 4 is 54.5 Å². The minimum atomic E-state index is 0.868. The third-order valence-electron chi connectivity index (χ3n) is 4.06. The Kier molecular flexibility index (Phi) is 5.29. The Bertz CT molecular complexity index is 1070. The van der Waals surface area contributed by atoms with Gasteiger partial charge in [0, 0.05) is 29.2 Å². The summed E-state index contributed by atoms with van der Waals surface area (Å²) in [6, 6.07) is 24.8. The predicted octanol–water partition coefficient (Wildman–Crippen LogP) is 7.54. The van der Waals surface area contributed by atoms with E-state index >= 15 is 0 Å². The fourth-order valence-electron chi connectivity index (χ4n) is 2.82. The van der Waals surface area contributed by atoms with Gasteiger partial charge in [0.1, 0.15) is 5.82 Å². The zero-order valence-electron chi connectivity index (χ0n) is 13.5. The lowest BCUT2D eigenvalue weighted by Crippen LogP contribution is -1.85. The van der Waals surface area contributed by atoms with Gasteiger partial charge in [0.05, 0.1) is 11.4 Å². The molecule has 0 aliphatic carbocycles. The van der Waals surface area contributed by atoms with Crippen LogP contribution in [-0.4, -0.2) is 9.97 Å². The summed E-state index contributed by atoms with van der Waals surface area (Å²) in [5.74, 6) is 0.868. The van der Waals surface area contributed by atoms with Gasteiger partial charge in [0.15, 0.2) is 0 Å². The molecule has 4 aromatic rings. The molecule has 0 saturated carbocycles. The van der Waals surface area contributed by atoms with Crippen molar-refractivity contribution in [1.29, 1.82) is 0 Å². The third-order valence-corrected chi connectivity index (χ3v) is 5.95. The van der Waals surface area contributed by atoms with Gasteiger partial charge in [-0.3, -0.25) is 0 Å². The molecule has 1 heterocycles. The van der Waals surface area contributed by atoms with E-state index in [0.717, 1.165) is 42.8 Å². The Labute approximate surface area is 182 Å². The first-order valence-corrected chi connectivity index (χ1v) is 10.6. The van der Waals surface area contributed by atoms with Crippen LogP contribution in [0.1, 0.15) is 0 Å². The maximum absolute atomic E-state index is 4.94. The van der Waals surface area contributed by atoms with Crippen LogP contribution in [0.5, 0.6) is 0 Å². The standard InChI is InChI=1S/C21H13Br2IN2/c22-15-10-8-13(9-11-15)19-20(17-6-1-2-7-18(17)23)26-21(25-19)14-4-3-5-16(24)12-14/h1-12H,(H,25,26). The Morgan fingerprint density at radius 1 is 0.808 bits per heavy atom. The van der Waals surface area contributed by atoms with Gasteiger partial charge in [-0.1, -0.05) is 74.3 Å². The van der Waals surface area contributed by atoms with Crippen molar-refractivity contribution in [1.82, 2.24) is 9.97 Å². The topological polar surface area (TPSA) is 28.7 Å². The van der Waals surface area contributed by atoms with Crippen molar-refractivity contribution in [3.63, 3.8) is 0 Å². The quantitative estimate of drug-likeness (QED) is 0.250. The number of H-pyrrole nitrogens is 1. The smallest absolute Gasteiger partial charge is 0.138 e. The molecule has 128 valence electrons. The Balaban J connectivity index is 1.93. The molecule has 0 unspecified atom stereocenters. The Morgan fingerprint density at radius 3 is 2.31 bits per heavy atom. The number of aromatic nitrogens is 2. The van der Waals surface area contributed by atoms with E-state index in [4.69, 9.17) is 4.98 Å². The van der Waals surface area contributed by atoms with Gasteiger partial charge in [0.2, 0.25) is 0 Å². The third kappa shape index (κ3) is 3.66. The molecule has 26 heavy (non-hydrogen) atoms. The molecule has 1 N–H and O–H groups in total. The number of nitrogens with one attached hydrogen (secondary N) is 1. The van der Waals surface area contributed by atoms with Gasteiger partial charge in [-0.05, 0) is 52.9 Å². The first kappa shape index (κ1) is 17.9. The number of benzene rings is 3. The zero-order valence-corrected chi connectivity index (χ0v) is 18.8. The molecule has 0 atom stereocenters. The van der Waals surface area contributed by atoms with E-state index in [0.29, 0.717) is 0 Å². The second-order valence-electron chi connectivity index (χ2n) is 5.81. The van der Waals surface area contributed by atoms with E-state index in [9.17, 15) is 0 Å². The highest BCUT2D eigenvalue weighted by Gasteiger charge is 2.17. The molecule has 3 aromatic carbocycles. The van der Waals surface area contributed by atoms with Crippen LogP contribution in [0.25, 0.3) is 33.9 Å². The number of imidazole rings is 1. The lowest BCUT2D eigenvalue weighted by molar-refractivity contribution is 1.31. The minimum Gasteiger partial charge on any atom is -0.337 e.